The predicted octanol–water partition coefficient (Wildman–Crippen LogP) is 4.54. The van der Waals surface area contributed by atoms with E-state index in [0.717, 1.165) is 12.0 Å². The fraction of sp³-hybridized carbons (Fsp3) is 0.333. The fourth-order valence-corrected chi connectivity index (χ4v) is 6.05. The van der Waals surface area contributed by atoms with Crippen LogP contribution in [0.15, 0.2) is 41.3 Å². The summed E-state index contributed by atoms with van der Waals surface area (Å²) in [5.74, 6) is 1.23. The van der Waals surface area contributed by atoms with Crippen LogP contribution in [0.25, 0.3) is 0 Å². The van der Waals surface area contributed by atoms with E-state index in [9.17, 15) is 8.42 Å². The summed E-state index contributed by atoms with van der Waals surface area (Å²) < 4.78 is 38.7. The van der Waals surface area contributed by atoms with Gasteiger partial charge in [-0.15, -0.1) is 0 Å². The second-order valence-electron chi connectivity index (χ2n) is 5.93. The van der Waals surface area contributed by atoms with Crippen LogP contribution in [0, 0.1) is 0 Å². The zero-order valence-corrected chi connectivity index (χ0v) is 16.7. The van der Waals surface area contributed by atoms with Crippen LogP contribution in [-0.4, -0.2) is 33.5 Å². The van der Waals surface area contributed by atoms with Gasteiger partial charge >= 0.3 is 0 Å². The summed E-state index contributed by atoms with van der Waals surface area (Å²) in [6.07, 6.45) is 1.42. The minimum absolute atomic E-state index is 0.0530. The van der Waals surface area contributed by atoms with Crippen molar-refractivity contribution in [1.29, 1.82) is 0 Å². The number of ether oxygens (including phenoxy) is 2. The lowest BCUT2D eigenvalue weighted by molar-refractivity contribution is 0.361. The molecule has 0 aromatic heterocycles. The van der Waals surface area contributed by atoms with E-state index in [1.807, 2.05) is 6.07 Å². The highest BCUT2D eigenvalue weighted by Crippen LogP contribution is 2.43. The molecule has 1 unspecified atom stereocenters. The molecule has 2 aromatic rings. The Morgan fingerprint density at radius 2 is 1.77 bits per heavy atom. The minimum Gasteiger partial charge on any atom is -0.497 e. The second-order valence-corrected chi connectivity index (χ2v) is 8.57. The van der Waals surface area contributed by atoms with Crippen LogP contribution in [0.3, 0.4) is 0 Å². The first-order valence-electron chi connectivity index (χ1n) is 8.08. The van der Waals surface area contributed by atoms with E-state index in [2.05, 4.69) is 0 Å². The van der Waals surface area contributed by atoms with Gasteiger partial charge in [-0.1, -0.05) is 35.3 Å². The average molecular weight is 416 g/mol. The highest BCUT2D eigenvalue weighted by atomic mass is 35.5. The van der Waals surface area contributed by atoms with Gasteiger partial charge in [-0.25, -0.2) is 8.42 Å². The van der Waals surface area contributed by atoms with Crippen LogP contribution >= 0.6 is 23.2 Å². The lowest BCUT2D eigenvalue weighted by Gasteiger charge is -2.26. The predicted molar refractivity (Wildman–Crippen MR) is 102 cm³/mol. The molecule has 140 valence electrons. The highest BCUT2D eigenvalue weighted by Gasteiger charge is 2.39. The molecule has 0 amide bonds. The molecule has 0 N–H and O–H groups in total. The van der Waals surface area contributed by atoms with Crippen LogP contribution in [0.2, 0.25) is 10.0 Å². The molecule has 1 aliphatic heterocycles. The second kappa shape index (κ2) is 7.64. The third kappa shape index (κ3) is 3.39. The van der Waals surface area contributed by atoms with Gasteiger partial charge in [0.05, 0.1) is 30.3 Å². The quantitative estimate of drug-likeness (QED) is 0.719. The number of rotatable bonds is 5. The summed E-state index contributed by atoms with van der Waals surface area (Å²) in [6.45, 7) is 0.393. The van der Waals surface area contributed by atoms with Gasteiger partial charge in [-0.05, 0) is 31.0 Å². The molecule has 1 heterocycles. The normalized spacial score (nSPS) is 18.1. The Morgan fingerprint density at radius 3 is 2.38 bits per heavy atom. The van der Waals surface area contributed by atoms with Crippen LogP contribution in [0.5, 0.6) is 11.5 Å². The van der Waals surface area contributed by atoms with Gasteiger partial charge < -0.3 is 9.47 Å². The van der Waals surface area contributed by atoms with Crippen molar-refractivity contribution in [3.8, 4) is 11.5 Å². The Labute approximate surface area is 163 Å². The van der Waals surface area contributed by atoms with Crippen molar-refractivity contribution >= 4 is 33.2 Å². The first kappa shape index (κ1) is 19.3. The minimum atomic E-state index is -3.86. The summed E-state index contributed by atoms with van der Waals surface area (Å²) in [7, 11) is -0.733. The SMILES string of the molecule is COc1ccc(C2CCCN2S(=O)(=O)c2c(Cl)cccc2Cl)c(OC)c1. The third-order valence-electron chi connectivity index (χ3n) is 4.49. The molecule has 0 aliphatic carbocycles. The lowest BCUT2D eigenvalue weighted by atomic mass is 10.0. The first-order chi connectivity index (χ1) is 12.4. The Balaban J connectivity index is 2.06. The fourth-order valence-electron chi connectivity index (χ4n) is 3.28. The molecule has 0 saturated carbocycles. The van der Waals surface area contributed by atoms with Crippen molar-refractivity contribution in [2.45, 2.75) is 23.8 Å². The van der Waals surface area contributed by atoms with E-state index in [1.165, 1.54) is 16.4 Å². The van der Waals surface area contributed by atoms with Gasteiger partial charge in [-0.3, -0.25) is 0 Å². The number of halogens is 2. The summed E-state index contributed by atoms with van der Waals surface area (Å²) in [5, 5.41) is 0.231. The van der Waals surface area contributed by atoms with Gasteiger partial charge in [0.25, 0.3) is 0 Å². The number of nitrogens with zero attached hydrogens (tertiary/aromatic N) is 1. The maximum absolute atomic E-state index is 13.3. The van der Waals surface area contributed by atoms with E-state index in [1.54, 1.807) is 32.4 Å². The molecule has 5 nitrogen and oxygen atoms in total. The standard InChI is InChI=1S/C18H19Cl2NO4S/c1-24-12-8-9-13(17(11-12)25-2)16-7-4-10-21(16)26(22,23)18-14(19)5-3-6-15(18)20/h3,5-6,8-9,11,16H,4,7,10H2,1-2H3. The Kier molecular flexibility index (Phi) is 5.67. The largest absolute Gasteiger partial charge is 0.497 e. The van der Waals surface area contributed by atoms with Crippen molar-refractivity contribution in [3.05, 3.63) is 52.0 Å². The van der Waals surface area contributed by atoms with Crippen molar-refractivity contribution in [2.75, 3.05) is 20.8 Å². The molecular formula is C18H19Cl2NO4S. The number of benzene rings is 2. The van der Waals surface area contributed by atoms with Crippen LogP contribution in [0.1, 0.15) is 24.4 Å². The number of hydrogen-bond donors (Lipinski definition) is 0. The molecule has 0 radical (unpaired) electrons. The zero-order chi connectivity index (χ0) is 18.9. The summed E-state index contributed by atoms with van der Waals surface area (Å²) in [6, 6.07) is 9.71. The monoisotopic (exact) mass is 415 g/mol. The van der Waals surface area contributed by atoms with E-state index >= 15 is 0 Å². The van der Waals surface area contributed by atoms with Crippen molar-refractivity contribution in [3.63, 3.8) is 0 Å². The molecule has 1 saturated heterocycles. The Bertz CT molecular complexity index is 897. The van der Waals surface area contributed by atoms with Gasteiger partial charge in [0, 0.05) is 18.2 Å². The highest BCUT2D eigenvalue weighted by molar-refractivity contribution is 7.89. The van der Waals surface area contributed by atoms with Gasteiger partial charge in [0.1, 0.15) is 16.4 Å². The smallest absolute Gasteiger partial charge is 0.246 e. The van der Waals surface area contributed by atoms with Crippen LogP contribution < -0.4 is 9.47 Å². The number of hydrogen-bond acceptors (Lipinski definition) is 4. The molecule has 3 rings (SSSR count). The summed E-state index contributed by atoms with van der Waals surface area (Å²) >= 11 is 12.3. The molecule has 8 heteroatoms. The van der Waals surface area contributed by atoms with Gasteiger partial charge in [0.2, 0.25) is 10.0 Å². The third-order valence-corrected chi connectivity index (χ3v) is 7.35. The van der Waals surface area contributed by atoms with E-state index in [-0.39, 0.29) is 21.0 Å². The van der Waals surface area contributed by atoms with E-state index in [4.69, 9.17) is 32.7 Å². The van der Waals surface area contributed by atoms with E-state index < -0.39 is 10.0 Å². The van der Waals surface area contributed by atoms with Gasteiger partial charge in [-0.2, -0.15) is 4.31 Å². The molecule has 2 aromatic carbocycles. The topological polar surface area (TPSA) is 55.8 Å². The molecular weight excluding hydrogens is 397 g/mol. The maximum Gasteiger partial charge on any atom is 0.246 e. The average Bonchev–Trinajstić information content (AvgIpc) is 3.11. The molecule has 26 heavy (non-hydrogen) atoms. The van der Waals surface area contributed by atoms with Gasteiger partial charge in [0.15, 0.2) is 0 Å². The van der Waals surface area contributed by atoms with E-state index in [0.29, 0.717) is 24.5 Å². The molecule has 0 spiro atoms. The summed E-state index contributed by atoms with van der Waals surface area (Å²) in [5.41, 5.74) is 0.789. The number of sulfonamides is 1. The Morgan fingerprint density at radius 1 is 1.08 bits per heavy atom. The molecule has 1 fully saturated rings. The molecule has 1 atom stereocenters. The Hall–Kier alpha value is -1.47. The maximum atomic E-state index is 13.3. The van der Waals surface area contributed by atoms with Crippen molar-refractivity contribution in [2.24, 2.45) is 0 Å². The lowest BCUT2D eigenvalue weighted by Crippen LogP contribution is -2.31. The molecule has 0 bridgehead atoms. The van der Waals surface area contributed by atoms with Crippen molar-refractivity contribution in [1.82, 2.24) is 4.31 Å². The zero-order valence-electron chi connectivity index (χ0n) is 14.4. The number of methoxy groups -OCH3 is 2. The summed E-state index contributed by atoms with van der Waals surface area (Å²) in [4.78, 5) is -0.0530. The van der Waals surface area contributed by atoms with Crippen LogP contribution in [-0.2, 0) is 10.0 Å². The first-order valence-corrected chi connectivity index (χ1v) is 10.3. The van der Waals surface area contributed by atoms with Crippen molar-refractivity contribution < 1.29 is 17.9 Å². The molecule has 1 aliphatic rings. The van der Waals surface area contributed by atoms with Crippen LogP contribution in [0.4, 0.5) is 0 Å².